The first-order valence-electron chi connectivity index (χ1n) is 18.6. The van der Waals surface area contributed by atoms with Crippen LogP contribution in [-0.4, -0.2) is 105 Å². The van der Waals surface area contributed by atoms with Gasteiger partial charge in [0.25, 0.3) is 0 Å². The molecule has 2 saturated carbocycles. The molecular weight excluding hydrogens is 723 g/mol. The third-order valence-electron chi connectivity index (χ3n) is 10.5. The number of unbranched alkanes of at least 4 members (excludes halogenated alkanes) is 1. The minimum atomic E-state index is -1.77. The highest BCUT2D eigenvalue weighted by Gasteiger charge is 2.48. The minimum absolute atomic E-state index is 0.162. The van der Waals surface area contributed by atoms with Gasteiger partial charge >= 0.3 is 0 Å². The molecule has 1 amide bonds. The number of carbonyl (C=O) groups excluding carboxylic acids is 1. The molecule has 3 aliphatic rings. The predicted molar refractivity (Wildman–Crippen MR) is 200 cm³/mol. The molecule has 13 heteroatoms. The molecule has 1 saturated heterocycles. The van der Waals surface area contributed by atoms with Crippen LogP contribution >= 0.6 is 23.2 Å². The van der Waals surface area contributed by atoms with Crippen LogP contribution in [0.5, 0.6) is 5.75 Å². The number of carbonyl (C=O) groups is 1. The molecule has 0 spiro atoms. The normalized spacial score (nSPS) is 19.3. The number of pyridine rings is 1. The number of aliphatic hydroxyl groups excluding tert-OH is 5. The van der Waals surface area contributed by atoms with Gasteiger partial charge in [0.05, 0.1) is 24.9 Å². The zero-order chi connectivity index (χ0) is 37.5. The predicted octanol–water partition coefficient (Wildman–Crippen LogP) is 4.82. The Morgan fingerprint density at radius 3 is 2.34 bits per heavy atom. The van der Waals surface area contributed by atoms with Gasteiger partial charge in [-0.25, -0.2) is 0 Å². The highest BCUT2D eigenvalue weighted by atomic mass is 35.5. The first kappa shape index (κ1) is 39.8. The summed E-state index contributed by atoms with van der Waals surface area (Å²) >= 11 is 13.6. The van der Waals surface area contributed by atoms with E-state index < -0.39 is 36.6 Å². The highest BCUT2D eigenvalue weighted by Crippen LogP contribution is 2.53. The van der Waals surface area contributed by atoms with Crippen LogP contribution in [0, 0.1) is 5.92 Å². The molecule has 5 N–H and O–H groups in total. The number of hydrogen-bond acceptors (Lipinski definition) is 10. The monoisotopic (exact) mass is 772 g/mol. The number of aromatic nitrogens is 1. The van der Waals surface area contributed by atoms with Gasteiger partial charge in [-0.05, 0) is 98.7 Å². The van der Waals surface area contributed by atoms with Crippen LogP contribution < -0.4 is 4.74 Å². The number of aliphatic hydroxyl groups is 5. The van der Waals surface area contributed by atoms with Crippen molar-refractivity contribution in [2.75, 3.05) is 32.9 Å². The molecule has 2 heterocycles. The fourth-order valence-corrected chi connectivity index (χ4v) is 7.43. The lowest BCUT2D eigenvalue weighted by Gasteiger charge is -2.33. The summed E-state index contributed by atoms with van der Waals surface area (Å²) in [5, 5.41) is 51.2. The molecule has 53 heavy (non-hydrogen) atoms. The smallest absolute Gasteiger partial charge is 0.225 e. The van der Waals surface area contributed by atoms with Crippen molar-refractivity contribution in [2.45, 2.75) is 101 Å². The summed E-state index contributed by atoms with van der Waals surface area (Å²) in [6, 6.07) is 13.8. The van der Waals surface area contributed by atoms with Crippen LogP contribution in [0.15, 0.2) is 54.9 Å². The molecule has 0 bridgehead atoms. The van der Waals surface area contributed by atoms with E-state index in [0.717, 1.165) is 59.3 Å². The second-order valence-corrected chi connectivity index (χ2v) is 15.3. The average molecular weight is 774 g/mol. The Hall–Kier alpha value is -2.84. The molecule has 3 aromatic rings. The molecule has 2 aliphatic carbocycles. The molecule has 0 radical (unpaired) electrons. The number of amides is 1. The maximum absolute atomic E-state index is 13.5. The molecule has 288 valence electrons. The van der Waals surface area contributed by atoms with Gasteiger partial charge in [0, 0.05) is 65.8 Å². The van der Waals surface area contributed by atoms with Gasteiger partial charge in [-0.3, -0.25) is 9.78 Å². The Labute approximate surface area is 320 Å². The Balaban J connectivity index is 1.06. The van der Waals surface area contributed by atoms with Crippen molar-refractivity contribution in [3.05, 3.63) is 81.6 Å². The van der Waals surface area contributed by atoms with E-state index in [1.54, 1.807) is 6.20 Å². The Bertz CT molecular complexity index is 1680. The molecular formula is C40H50Cl2N2O9. The standard InChI is InChI=1S/C40H50Cl2N2O9/c41-32-20-27(24-52-40(13-14-40)31-21-43-15-10-29(31)30-6-1-2-7-36(30)53-28-8-9-28)33(42)19-26(32)5-3-4-16-44(39(50)25-11-17-51-18-12-25)22-34(46)37(48)38(49)35(47)23-45/h1-2,6-7,10,15,19-21,25,28,34-35,37-38,45-49H,3-5,8-9,11-14,16-18,22-24H2. The van der Waals surface area contributed by atoms with Crippen molar-refractivity contribution >= 4 is 29.1 Å². The van der Waals surface area contributed by atoms with Crippen molar-refractivity contribution < 1.29 is 44.5 Å². The van der Waals surface area contributed by atoms with Gasteiger partial charge in [-0.2, -0.15) is 0 Å². The van der Waals surface area contributed by atoms with Crippen molar-refractivity contribution in [3.8, 4) is 16.9 Å². The highest BCUT2D eigenvalue weighted by molar-refractivity contribution is 6.34. The van der Waals surface area contributed by atoms with E-state index in [9.17, 15) is 25.2 Å². The lowest BCUT2D eigenvalue weighted by molar-refractivity contribution is -0.145. The molecule has 4 atom stereocenters. The van der Waals surface area contributed by atoms with E-state index in [4.69, 9.17) is 42.5 Å². The van der Waals surface area contributed by atoms with Crippen LogP contribution in [0.3, 0.4) is 0 Å². The van der Waals surface area contributed by atoms with Crippen LogP contribution in [0.25, 0.3) is 11.1 Å². The van der Waals surface area contributed by atoms with Gasteiger partial charge in [0.2, 0.25) is 5.91 Å². The van der Waals surface area contributed by atoms with E-state index >= 15 is 0 Å². The fourth-order valence-electron chi connectivity index (χ4n) is 6.91. The summed E-state index contributed by atoms with van der Waals surface area (Å²) in [6.45, 7) is 0.478. The number of halogens is 2. The summed E-state index contributed by atoms with van der Waals surface area (Å²) in [6.07, 6.45) is 4.08. The van der Waals surface area contributed by atoms with Crippen LogP contribution in [0.2, 0.25) is 10.0 Å². The van der Waals surface area contributed by atoms with Crippen LogP contribution in [-0.2, 0) is 32.9 Å². The van der Waals surface area contributed by atoms with E-state index in [1.807, 2.05) is 42.6 Å². The number of ether oxygens (including phenoxy) is 3. The van der Waals surface area contributed by atoms with Gasteiger partial charge in [0.1, 0.15) is 30.2 Å². The van der Waals surface area contributed by atoms with Crippen molar-refractivity contribution in [3.63, 3.8) is 0 Å². The first-order valence-corrected chi connectivity index (χ1v) is 19.4. The topological polar surface area (TPSA) is 162 Å². The minimum Gasteiger partial charge on any atom is -0.490 e. The second-order valence-electron chi connectivity index (χ2n) is 14.5. The zero-order valence-electron chi connectivity index (χ0n) is 29.8. The molecule has 3 fully saturated rings. The van der Waals surface area contributed by atoms with E-state index in [-0.39, 0.29) is 31.1 Å². The van der Waals surface area contributed by atoms with Crippen molar-refractivity contribution in [2.24, 2.45) is 5.92 Å². The van der Waals surface area contributed by atoms with Gasteiger partial charge in [-0.15, -0.1) is 0 Å². The van der Waals surface area contributed by atoms with E-state index in [0.29, 0.717) is 61.9 Å². The molecule has 11 nitrogen and oxygen atoms in total. The van der Waals surface area contributed by atoms with Crippen LogP contribution in [0.1, 0.15) is 68.1 Å². The number of aryl methyl sites for hydroxylation is 1. The first-order chi connectivity index (χ1) is 25.6. The maximum atomic E-state index is 13.5. The third-order valence-corrected chi connectivity index (χ3v) is 11.2. The summed E-state index contributed by atoms with van der Waals surface area (Å²) in [7, 11) is 0. The molecule has 1 aromatic heterocycles. The van der Waals surface area contributed by atoms with Gasteiger partial charge < -0.3 is 44.6 Å². The number of para-hydroxylation sites is 1. The number of hydrogen-bond donors (Lipinski definition) is 5. The van der Waals surface area contributed by atoms with Crippen molar-refractivity contribution in [1.29, 1.82) is 0 Å². The SMILES string of the molecule is O=C(C1CCOCC1)N(CCCCc1cc(Cl)c(COC2(c3cnccc3-c3ccccc3OC3CC3)CC2)cc1Cl)CC(O)C(O)C(O)C(O)CO. The van der Waals surface area contributed by atoms with Crippen molar-refractivity contribution in [1.82, 2.24) is 9.88 Å². The fraction of sp³-hybridized carbons (Fsp3) is 0.550. The Kier molecular flexibility index (Phi) is 13.7. The zero-order valence-corrected chi connectivity index (χ0v) is 31.3. The summed E-state index contributed by atoms with van der Waals surface area (Å²) in [5.41, 5.74) is 4.25. The summed E-state index contributed by atoms with van der Waals surface area (Å²) in [5.74, 6) is 0.430. The number of benzene rings is 2. The summed E-state index contributed by atoms with van der Waals surface area (Å²) < 4.78 is 18.3. The number of rotatable bonds is 19. The Morgan fingerprint density at radius 2 is 1.62 bits per heavy atom. The van der Waals surface area contributed by atoms with E-state index in [2.05, 4.69) is 11.1 Å². The molecule has 4 unspecified atom stereocenters. The Morgan fingerprint density at radius 1 is 0.925 bits per heavy atom. The largest absolute Gasteiger partial charge is 0.490 e. The van der Waals surface area contributed by atoms with Gasteiger partial charge in [-0.1, -0.05) is 41.4 Å². The quantitative estimate of drug-likeness (QED) is 0.107. The van der Waals surface area contributed by atoms with Gasteiger partial charge in [0.15, 0.2) is 0 Å². The lowest BCUT2D eigenvalue weighted by atomic mass is 9.96. The van der Waals surface area contributed by atoms with Crippen LogP contribution in [0.4, 0.5) is 0 Å². The second kappa shape index (κ2) is 18.2. The average Bonchev–Trinajstić information content (AvgIpc) is 4.13. The summed E-state index contributed by atoms with van der Waals surface area (Å²) in [4.78, 5) is 19.4. The number of nitrogens with zero attached hydrogens (tertiary/aromatic N) is 2. The lowest BCUT2D eigenvalue weighted by Crippen LogP contribution is -2.51. The molecule has 1 aliphatic heterocycles. The van der Waals surface area contributed by atoms with E-state index in [1.165, 1.54) is 4.90 Å². The molecule has 2 aromatic carbocycles. The maximum Gasteiger partial charge on any atom is 0.225 e. The molecule has 6 rings (SSSR count). The third kappa shape index (κ3) is 10.1.